The van der Waals surface area contributed by atoms with E-state index in [2.05, 4.69) is 15.2 Å². The first kappa shape index (κ1) is 25.8. The average molecular weight is 536 g/mol. The van der Waals surface area contributed by atoms with Crippen molar-refractivity contribution in [3.8, 4) is 0 Å². The fraction of sp³-hybridized carbons (Fsp3) is 0.462. The van der Waals surface area contributed by atoms with E-state index in [9.17, 15) is 23.1 Å². The molecule has 0 bridgehead atoms. The van der Waals surface area contributed by atoms with E-state index in [1.165, 1.54) is 12.1 Å². The van der Waals surface area contributed by atoms with Crippen molar-refractivity contribution in [2.75, 3.05) is 37.7 Å². The molecule has 11 heteroatoms. The Morgan fingerprint density at radius 1 is 1.24 bits per heavy atom. The van der Waals surface area contributed by atoms with Crippen molar-refractivity contribution in [2.24, 2.45) is 0 Å². The van der Waals surface area contributed by atoms with Gasteiger partial charge in [0.1, 0.15) is 0 Å². The zero-order chi connectivity index (χ0) is 26.3. The third kappa shape index (κ3) is 5.02. The smallest absolute Gasteiger partial charge is 0.394 e. The Kier molecular flexibility index (Phi) is 7.08. The number of piperazine rings is 1. The summed E-state index contributed by atoms with van der Waals surface area (Å²) in [5.41, 5.74) is 1.56. The maximum atomic E-state index is 13.8. The van der Waals surface area contributed by atoms with Crippen LogP contribution in [0.1, 0.15) is 36.9 Å². The van der Waals surface area contributed by atoms with Gasteiger partial charge in [0.2, 0.25) is 5.91 Å². The van der Waals surface area contributed by atoms with E-state index in [4.69, 9.17) is 11.6 Å². The summed E-state index contributed by atoms with van der Waals surface area (Å²) in [6, 6.07) is 8.31. The molecular formula is C26H29ClF3N5O2. The summed E-state index contributed by atoms with van der Waals surface area (Å²) in [7, 11) is 0. The molecule has 0 saturated carbocycles. The van der Waals surface area contributed by atoms with Crippen LogP contribution in [-0.2, 0) is 11.0 Å². The predicted octanol–water partition coefficient (Wildman–Crippen LogP) is 4.08. The number of amides is 1. The third-order valence-electron chi connectivity index (χ3n) is 7.45. The van der Waals surface area contributed by atoms with Crippen molar-refractivity contribution in [1.29, 1.82) is 0 Å². The highest BCUT2D eigenvalue weighted by Crippen LogP contribution is 2.38. The Balaban J connectivity index is 1.42. The van der Waals surface area contributed by atoms with Crippen LogP contribution >= 0.6 is 11.6 Å². The van der Waals surface area contributed by atoms with Crippen LogP contribution in [0, 0.1) is 0 Å². The largest absolute Gasteiger partial charge is 0.416 e. The average Bonchev–Trinajstić information content (AvgIpc) is 3.57. The summed E-state index contributed by atoms with van der Waals surface area (Å²) in [6.45, 7) is 3.90. The second-order valence-corrected chi connectivity index (χ2v) is 10.1. The van der Waals surface area contributed by atoms with Gasteiger partial charge < -0.3 is 24.8 Å². The molecule has 1 unspecified atom stereocenters. The van der Waals surface area contributed by atoms with Crippen LogP contribution in [0.5, 0.6) is 0 Å². The van der Waals surface area contributed by atoms with Crippen LogP contribution in [0.3, 0.4) is 0 Å². The van der Waals surface area contributed by atoms with Crippen molar-refractivity contribution < 1.29 is 23.1 Å². The van der Waals surface area contributed by atoms with Gasteiger partial charge in [0.05, 0.1) is 47.7 Å². The Bertz CT molecular complexity index is 1290. The monoisotopic (exact) mass is 535 g/mol. The number of rotatable bonds is 5. The molecule has 5 rings (SSSR count). The quantitative estimate of drug-likeness (QED) is 0.515. The zero-order valence-corrected chi connectivity index (χ0v) is 21.1. The number of carbonyl (C=O) groups is 1. The van der Waals surface area contributed by atoms with Gasteiger partial charge in [-0.3, -0.25) is 4.79 Å². The minimum absolute atomic E-state index is 0.0285. The maximum absolute atomic E-state index is 13.8. The SMILES string of the molecule is CC(c1ccc(Cl)cc1C(F)(F)F)n1cnc2ccc(N3CCN(C(=O)[C@H]4CCCN4)[C@H](CO)C3)cc21. The van der Waals surface area contributed by atoms with Gasteiger partial charge >= 0.3 is 6.18 Å². The fourth-order valence-electron chi connectivity index (χ4n) is 5.44. The number of benzene rings is 2. The molecule has 2 aliphatic rings. The standard InChI is InChI=1S/C26H29ClF3N5O2/c1-16(20-6-4-17(27)11-21(20)26(28,29)30)35-15-32-22-7-5-18(12-24(22)35)33-9-10-34(19(13-33)14-36)25(37)23-3-2-8-31-23/h4-7,11-12,15-16,19,23,31,36H,2-3,8-10,13-14H2,1H3/t16?,19-,23+/m0/s1. The first-order chi connectivity index (χ1) is 17.7. The van der Waals surface area contributed by atoms with E-state index in [-0.39, 0.29) is 35.2 Å². The molecule has 0 aliphatic carbocycles. The van der Waals surface area contributed by atoms with Crippen LogP contribution in [0.2, 0.25) is 5.02 Å². The number of anilines is 1. The minimum atomic E-state index is -4.54. The number of nitrogens with one attached hydrogen (secondary N) is 1. The fourth-order valence-corrected chi connectivity index (χ4v) is 5.61. The molecule has 0 radical (unpaired) electrons. The van der Waals surface area contributed by atoms with E-state index in [1.54, 1.807) is 22.7 Å². The summed E-state index contributed by atoms with van der Waals surface area (Å²) in [4.78, 5) is 21.2. The number of aliphatic hydroxyl groups is 1. The number of aliphatic hydroxyl groups excluding tert-OH is 1. The lowest BCUT2D eigenvalue weighted by atomic mass is 10.0. The number of halogens is 4. The van der Waals surface area contributed by atoms with Gasteiger partial charge in [-0.15, -0.1) is 0 Å². The van der Waals surface area contributed by atoms with Crippen molar-refractivity contribution in [1.82, 2.24) is 19.8 Å². The number of hydrogen-bond donors (Lipinski definition) is 2. The van der Waals surface area contributed by atoms with Gasteiger partial charge in [-0.25, -0.2) is 4.98 Å². The summed E-state index contributed by atoms with van der Waals surface area (Å²) >= 11 is 5.87. The second kappa shape index (κ2) is 10.2. The lowest BCUT2D eigenvalue weighted by Crippen LogP contribution is -2.59. The van der Waals surface area contributed by atoms with Crippen molar-refractivity contribution >= 4 is 34.2 Å². The van der Waals surface area contributed by atoms with Crippen molar-refractivity contribution in [2.45, 2.75) is 44.1 Å². The molecule has 1 aromatic heterocycles. The second-order valence-electron chi connectivity index (χ2n) is 9.69. The van der Waals surface area contributed by atoms with Gasteiger partial charge in [0, 0.05) is 30.3 Å². The molecule has 1 amide bonds. The molecule has 0 spiro atoms. The van der Waals surface area contributed by atoms with Crippen LogP contribution in [0.4, 0.5) is 18.9 Å². The number of nitrogens with zero attached hydrogens (tertiary/aromatic N) is 4. The predicted molar refractivity (Wildman–Crippen MR) is 136 cm³/mol. The number of alkyl halides is 3. The summed E-state index contributed by atoms with van der Waals surface area (Å²) in [5.74, 6) is 0.0296. The first-order valence-electron chi connectivity index (χ1n) is 12.4. The maximum Gasteiger partial charge on any atom is 0.416 e. The van der Waals surface area contributed by atoms with Crippen molar-refractivity contribution in [3.05, 3.63) is 58.9 Å². The Hall–Kier alpha value is -2.82. The van der Waals surface area contributed by atoms with E-state index < -0.39 is 17.8 Å². The van der Waals surface area contributed by atoms with Gasteiger partial charge in [-0.2, -0.15) is 13.2 Å². The van der Waals surface area contributed by atoms with E-state index in [1.807, 2.05) is 18.2 Å². The minimum Gasteiger partial charge on any atom is -0.394 e. The van der Waals surface area contributed by atoms with Crippen molar-refractivity contribution in [3.63, 3.8) is 0 Å². The van der Waals surface area contributed by atoms with Gasteiger partial charge in [0.15, 0.2) is 0 Å². The molecule has 3 aromatic rings. The number of imidazole rings is 1. The molecule has 2 fully saturated rings. The molecule has 3 heterocycles. The number of fused-ring (bicyclic) bond motifs is 1. The lowest BCUT2D eigenvalue weighted by molar-refractivity contribution is -0.138. The molecule has 2 aliphatic heterocycles. The van der Waals surface area contributed by atoms with Gasteiger partial charge in [0.25, 0.3) is 0 Å². The normalized spacial score (nSPS) is 21.6. The van der Waals surface area contributed by atoms with Gasteiger partial charge in [-0.1, -0.05) is 17.7 Å². The molecule has 7 nitrogen and oxygen atoms in total. The molecule has 37 heavy (non-hydrogen) atoms. The molecule has 198 valence electrons. The van der Waals surface area contributed by atoms with Crippen LogP contribution < -0.4 is 10.2 Å². The highest BCUT2D eigenvalue weighted by Gasteiger charge is 2.36. The van der Waals surface area contributed by atoms with Crippen LogP contribution in [0.25, 0.3) is 11.0 Å². The zero-order valence-electron chi connectivity index (χ0n) is 20.4. The lowest BCUT2D eigenvalue weighted by Gasteiger charge is -2.42. The summed E-state index contributed by atoms with van der Waals surface area (Å²) < 4.78 is 43.0. The Labute approximate surface area is 217 Å². The topological polar surface area (TPSA) is 73.6 Å². The summed E-state index contributed by atoms with van der Waals surface area (Å²) in [5, 5.41) is 13.3. The molecular weight excluding hydrogens is 507 g/mol. The summed E-state index contributed by atoms with van der Waals surface area (Å²) in [6.07, 6.45) is -1.22. The van der Waals surface area contributed by atoms with Gasteiger partial charge in [-0.05, 0) is 62.2 Å². The number of hydrogen-bond acceptors (Lipinski definition) is 5. The first-order valence-corrected chi connectivity index (χ1v) is 12.8. The number of carbonyl (C=O) groups excluding carboxylic acids is 1. The Morgan fingerprint density at radius 2 is 2.05 bits per heavy atom. The van der Waals surface area contributed by atoms with Crippen LogP contribution in [-0.4, -0.2) is 70.3 Å². The highest BCUT2D eigenvalue weighted by atomic mass is 35.5. The molecule has 2 saturated heterocycles. The number of aromatic nitrogens is 2. The van der Waals surface area contributed by atoms with E-state index in [0.29, 0.717) is 30.7 Å². The van der Waals surface area contributed by atoms with Crippen LogP contribution in [0.15, 0.2) is 42.7 Å². The molecule has 2 N–H and O–H groups in total. The third-order valence-corrected chi connectivity index (χ3v) is 7.68. The van der Waals surface area contributed by atoms with E-state index >= 15 is 0 Å². The molecule has 2 aromatic carbocycles. The van der Waals surface area contributed by atoms with E-state index in [0.717, 1.165) is 31.1 Å². The Morgan fingerprint density at radius 3 is 2.76 bits per heavy atom. The molecule has 3 atom stereocenters. The highest BCUT2D eigenvalue weighted by molar-refractivity contribution is 6.30.